The Morgan fingerprint density at radius 2 is 2.36 bits per heavy atom. The second-order valence-corrected chi connectivity index (χ2v) is 7.57. The number of fused-ring (bicyclic) bond motifs is 1. The Morgan fingerprint density at radius 3 is 3.14 bits per heavy atom. The average Bonchev–Trinajstić information content (AvgIpc) is 3.03. The van der Waals surface area contributed by atoms with Gasteiger partial charge in [-0.1, -0.05) is 12.1 Å². The van der Waals surface area contributed by atoms with E-state index in [2.05, 4.69) is 47.8 Å². The second-order valence-electron chi connectivity index (χ2n) is 6.69. The summed E-state index contributed by atoms with van der Waals surface area (Å²) in [6.45, 7) is 4.36. The predicted octanol–water partition coefficient (Wildman–Crippen LogP) is 1.52. The summed E-state index contributed by atoms with van der Waals surface area (Å²) < 4.78 is 0. The molecule has 0 spiro atoms. The maximum atomic E-state index is 13.1. The van der Waals surface area contributed by atoms with Gasteiger partial charge in [0.1, 0.15) is 0 Å². The highest BCUT2D eigenvalue weighted by Crippen LogP contribution is 2.40. The van der Waals surface area contributed by atoms with Gasteiger partial charge in [-0.05, 0) is 31.0 Å². The van der Waals surface area contributed by atoms with Crippen LogP contribution in [0.3, 0.4) is 0 Å². The second kappa shape index (κ2) is 6.22. The van der Waals surface area contributed by atoms with Gasteiger partial charge < -0.3 is 15.1 Å². The zero-order valence-corrected chi connectivity index (χ0v) is 14.4. The number of amides is 1. The molecule has 4 nitrogen and oxygen atoms in total. The Bertz CT molecular complexity index is 565. The number of thioether (sulfide) groups is 1. The van der Waals surface area contributed by atoms with Crippen LogP contribution >= 0.6 is 11.8 Å². The van der Waals surface area contributed by atoms with Crippen molar-refractivity contribution in [3.63, 3.8) is 0 Å². The van der Waals surface area contributed by atoms with Crippen molar-refractivity contribution in [2.24, 2.45) is 11.3 Å². The van der Waals surface area contributed by atoms with Gasteiger partial charge in [-0.15, -0.1) is 11.8 Å². The number of nitrogens with one attached hydrogen (secondary N) is 1. The molecule has 2 atom stereocenters. The van der Waals surface area contributed by atoms with Crippen molar-refractivity contribution < 1.29 is 4.79 Å². The molecule has 2 fully saturated rings. The molecular weight excluding hydrogens is 294 g/mol. The minimum atomic E-state index is -0.222. The van der Waals surface area contributed by atoms with Gasteiger partial charge in [-0.2, -0.15) is 0 Å². The number of rotatable bonds is 4. The monoisotopic (exact) mass is 319 g/mol. The van der Waals surface area contributed by atoms with Gasteiger partial charge in [-0.25, -0.2) is 0 Å². The van der Waals surface area contributed by atoms with Gasteiger partial charge >= 0.3 is 0 Å². The van der Waals surface area contributed by atoms with Crippen molar-refractivity contribution in [2.45, 2.75) is 11.4 Å². The molecule has 2 aliphatic rings. The highest BCUT2D eigenvalue weighted by molar-refractivity contribution is 7.98. The zero-order valence-electron chi connectivity index (χ0n) is 13.6. The molecule has 1 amide bonds. The lowest BCUT2D eigenvalue weighted by atomic mass is 9.79. The third kappa shape index (κ3) is 2.77. The Labute approximate surface area is 137 Å². The minimum absolute atomic E-state index is 0.222. The molecule has 0 unspecified atom stereocenters. The largest absolute Gasteiger partial charge is 0.341 e. The third-order valence-corrected chi connectivity index (χ3v) is 5.75. The van der Waals surface area contributed by atoms with Crippen molar-refractivity contribution >= 4 is 17.7 Å². The Balaban J connectivity index is 1.74. The molecule has 1 aromatic rings. The van der Waals surface area contributed by atoms with E-state index in [1.165, 1.54) is 10.5 Å². The molecule has 22 heavy (non-hydrogen) atoms. The fourth-order valence-corrected chi connectivity index (χ4v) is 4.45. The van der Waals surface area contributed by atoms with Crippen molar-refractivity contribution in [1.82, 2.24) is 15.1 Å². The van der Waals surface area contributed by atoms with Crippen LogP contribution in [-0.4, -0.2) is 62.2 Å². The maximum absolute atomic E-state index is 13.1. The van der Waals surface area contributed by atoms with Crippen molar-refractivity contribution in [3.8, 4) is 0 Å². The highest BCUT2D eigenvalue weighted by atomic mass is 32.2. The number of hydrogen-bond acceptors (Lipinski definition) is 4. The Hall–Kier alpha value is -1.04. The molecule has 3 rings (SSSR count). The quantitative estimate of drug-likeness (QED) is 0.854. The molecule has 2 heterocycles. The van der Waals surface area contributed by atoms with Crippen LogP contribution in [0.2, 0.25) is 0 Å². The first-order chi connectivity index (χ1) is 10.5. The molecular formula is C17H25N3OS. The molecule has 2 aliphatic heterocycles. The van der Waals surface area contributed by atoms with E-state index in [9.17, 15) is 4.79 Å². The van der Waals surface area contributed by atoms with Crippen LogP contribution < -0.4 is 5.32 Å². The van der Waals surface area contributed by atoms with Crippen molar-refractivity contribution in [3.05, 3.63) is 29.8 Å². The molecule has 0 saturated carbocycles. The molecule has 0 radical (unpaired) electrons. The van der Waals surface area contributed by atoms with E-state index < -0.39 is 0 Å². The first kappa shape index (κ1) is 15.8. The van der Waals surface area contributed by atoms with Crippen LogP contribution in [0.4, 0.5) is 0 Å². The van der Waals surface area contributed by atoms with Crippen molar-refractivity contribution in [1.29, 1.82) is 0 Å². The first-order valence-electron chi connectivity index (χ1n) is 7.83. The first-order valence-corrected chi connectivity index (χ1v) is 9.05. The summed E-state index contributed by atoms with van der Waals surface area (Å²) in [5.41, 5.74) is 0.980. The molecule has 1 N–H and O–H groups in total. The van der Waals surface area contributed by atoms with Gasteiger partial charge in [0.15, 0.2) is 0 Å². The van der Waals surface area contributed by atoms with E-state index in [0.717, 1.165) is 26.2 Å². The lowest BCUT2D eigenvalue weighted by Crippen LogP contribution is -2.47. The van der Waals surface area contributed by atoms with E-state index in [1.807, 2.05) is 11.9 Å². The summed E-state index contributed by atoms with van der Waals surface area (Å²) in [4.78, 5) is 18.6. The lowest BCUT2D eigenvalue weighted by Gasteiger charge is -2.31. The minimum Gasteiger partial charge on any atom is -0.341 e. The van der Waals surface area contributed by atoms with Crippen LogP contribution in [0.5, 0.6) is 0 Å². The van der Waals surface area contributed by atoms with Crippen LogP contribution in [0.1, 0.15) is 5.56 Å². The molecule has 0 bridgehead atoms. The SMILES string of the molecule is CSc1cccc(CN(C)C(=O)[C@]23CNC[C@H]2CN(C)C3)c1. The predicted molar refractivity (Wildman–Crippen MR) is 91.0 cm³/mol. The Kier molecular flexibility index (Phi) is 4.48. The lowest BCUT2D eigenvalue weighted by molar-refractivity contribution is -0.141. The number of benzene rings is 1. The zero-order chi connectivity index (χ0) is 15.7. The summed E-state index contributed by atoms with van der Waals surface area (Å²) in [7, 11) is 4.06. The summed E-state index contributed by atoms with van der Waals surface area (Å²) >= 11 is 1.74. The summed E-state index contributed by atoms with van der Waals surface area (Å²) in [5, 5.41) is 3.43. The Morgan fingerprint density at radius 1 is 1.55 bits per heavy atom. The van der Waals surface area contributed by atoms with Crippen LogP contribution in [-0.2, 0) is 11.3 Å². The summed E-state index contributed by atoms with van der Waals surface area (Å²) in [6, 6.07) is 8.46. The summed E-state index contributed by atoms with van der Waals surface area (Å²) in [5.74, 6) is 0.742. The van der Waals surface area contributed by atoms with E-state index in [-0.39, 0.29) is 5.41 Å². The van der Waals surface area contributed by atoms with Crippen LogP contribution in [0.15, 0.2) is 29.2 Å². The van der Waals surface area contributed by atoms with Gasteiger partial charge in [0.2, 0.25) is 5.91 Å². The fraction of sp³-hybridized carbons (Fsp3) is 0.588. The fourth-order valence-electron chi connectivity index (χ4n) is 3.97. The normalized spacial score (nSPS) is 27.9. The molecule has 1 aromatic carbocycles. The van der Waals surface area contributed by atoms with E-state index >= 15 is 0 Å². The third-order valence-electron chi connectivity index (χ3n) is 5.02. The van der Waals surface area contributed by atoms with E-state index in [4.69, 9.17) is 0 Å². The number of hydrogen-bond donors (Lipinski definition) is 1. The van der Waals surface area contributed by atoms with Gasteiger partial charge in [0.05, 0.1) is 5.41 Å². The highest BCUT2D eigenvalue weighted by Gasteiger charge is 2.54. The van der Waals surface area contributed by atoms with Crippen LogP contribution in [0.25, 0.3) is 0 Å². The molecule has 120 valence electrons. The van der Waals surface area contributed by atoms with E-state index in [0.29, 0.717) is 18.4 Å². The number of nitrogens with zero attached hydrogens (tertiary/aromatic N) is 2. The molecule has 0 aliphatic carbocycles. The standard InChI is InChI=1S/C17H25N3OS/c1-19-10-14-8-18-11-17(14,12-19)16(21)20(2)9-13-5-4-6-15(7-13)22-3/h4-7,14,18H,8-12H2,1-3H3/t14-,17-/m0/s1. The average molecular weight is 319 g/mol. The van der Waals surface area contributed by atoms with Gasteiger partial charge in [0, 0.05) is 50.6 Å². The number of carbonyl (C=O) groups excluding carboxylic acids is 1. The number of carbonyl (C=O) groups is 1. The molecule has 5 heteroatoms. The molecule has 2 saturated heterocycles. The maximum Gasteiger partial charge on any atom is 0.231 e. The summed E-state index contributed by atoms with van der Waals surface area (Å²) in [6.07, 6.45) is 2.08. The van der Waals surface area contributed by atoms with Crippen LogP contribution in [0, 0.1) is 11.3 Å². The molecule has 0 aromatic heterocycles. The number of likely N-dealkylation sites (tertiary alicyclic amines) is 1. The van der Waals surface area contributed by atoms with Gasteiger partial charge in [-0.3, -0.25) is 4.79 Å². The topological polar surface area (TPSA) is 35.6 Å². The smallest absolute Gasteiger partial charge is 0.231 e. The van der Waals surface area contributed by atoms with Gasteiger partial charge in [0.25, 0.3) is 0 Å². The van der Waals surface area contributed by atoms with E-state index in [1.54, 1.807) is 11.8 Å². The van der Waals surface area contributed by atoms with Crippen molar-refractivity contribution in [2.75, 3.05) is 46.5 Å².